The van der Waals surface area contributed by atoms with Crippen molar-refractivity contribution in [3.8, 4) is 11.3 Å². The molecule has 0 atom stereocenters. The minimum atomic E-state index is -0.0506. The zero-order valence-electron chi connectivity index (χ0n) is 13.4. The zero-order valence-corrected chi connectivity index (χ0v) is 13.4. The van der Waals surface area contributed by atoms with Crippen molar-refractivity contribution in [3.63, 3.8) is 0 Å². The third-order valence-electron chi connectivity index (χ3n) is 4.54. The average Bonchev–Trinajstić information content (AvgIpc) is 2.83. The molecule has 0 radical (unpaired) electrons. The van der Waals surface area contributed by atoms with Gasteiger partial charge in [-0.2, -0.15) is 0 Å². The quantitative estimate of drug-likeness (QED) is 0.762. The number of nitrogens with zero attached hydrogens (tertiary/aromatic N) is 2. The topological polar surface area (TPSA) is 63.5 Å². The molecule has 0 bridgehead atoms. The lowest BCUT2D eigenvalue weighted by atomic mass is 9.92. The number of nitrogens with two attached hydrogens (primary N) is 1. The van der Waals surface area contributed by atoms with Crippen molar-refractivity contribution in [2.45, 2.75) is 34.3 Å². The summed E-state index contributed by atoms with van der Waals surface area (Å²) in [6.07, 6.45) is 1.88. The molecule has 2 heterocycles. The number of aliphatic hydroxyl groups is 1. The number of pyridine rings is 1. The highest BCUT2D eigenvalue weighted by Gasteiger charge is 2.18. The molecule has 3 aromatic rings. The van der Waals surface area contributed by atoms with Crippen LogP contribution in [-0.4, -0.2) is 14.5 Å². The molecular formula is C18H21N3O. The summed E-state index contributed by atoms with van der Waals surface area (Å²) in [7, 11) is 0. The average molecular weight is 295 g/mol. The van der Waals surface area contributed by atoms with Gasteiger partial charge in [0.25, 0.3) is 0 Å². The third-order valence-corrected chi connectivity index (χ3v) is 4.54. The van der Waals surface area contributed by atoms with Gasteiger partial charge in [0.1, 0.15) is 17.2 Å². The summed E-state index contributed by atoms with van der Waals surface area (Å²) < 4.78 is 1.84. The number of aromatic nitrogens is 2. The van der Waals surface area contributed by atoms with Gasteiger partial charge in [0, 0.05) is 17.3 Å². The Hall–Kier alpha value is -2.33. The first-order valence-corrected chi connectivity index (χ1v) is 7.39. The molecule has 0 aliphatic rings. The maximum atomic E-state index is 9.51. The predicted octanol–water partition coefficient (Wildman–Crippen LogP) is 3.31. The van der Waals surface area contributed by atoms with Crippen LogP contribution in [0.2, 0.25) is 0 Å². The van der Waals surface area contributed by atoms with E-state index >= 15 is 0 Å². The smallest absolute Gasteiger partial charge is 0.144 e. The lowest BCUT2D eigenvalue weighted by molar-refractivity contribution is 0.282. The summed E-state index contributed by atoms with van der Waals surface area (Å²) in [5.74, 6) is 0.613. The molecule has 0 saturated heterocycles. The highest BCUT2D eigenvalue weighted by molar-refractivity contribution is 5.81. The molecule has 3 N–H and O–H groups in total. The number of aliphatic hydroxyl groups excluding tert-OH is 1. The monoisotopic (exact) mass is 295 g/mol. The van der Waals surface area contributed by atoms with Crippen LogP contribution in [0.15, 0.2) is 24.4 Å². The number of imidazole rings is 1. The molecule has 22 heavy (non-hydrogen) atoms. The van der Waals surface area contributed by atoms with E-state index in [1.165, 1.54) is 22.3 Å². The molecule has 2 aromatic heterocycles. The van der Waals surface area contributed by atoms with E-state index in [4.69, 9.17) is 10.7 Å². The van der Waals surface area contributed by atoms with Crippen molar-refractivity contribution in [2.24, 2.45) is 0 Å². The van der Waals surface area contributed by atoms with Crippen molar-refractivity contribution >= 4 is 11.5 Å². The first-order chi connectivity index (χ1) is 10.5. The van der Waals surface area contributed by atoms with Gasteiger partial charge in [-0.05, 0) is 56.0 Å². The molecule has 4 heteroatoms. The van der Waals surface area contributed by atoms with Gasteiger partial charge in [0.15, 0.2) is 0 Å². The molecular weight excluding hydrogens is 274 g/mol. The van der Waals surface area contributed by atoms with Gasteiger partial charge in [-0.25, -0.2) is 4.98 Å². The molecule has 0 spiro atoms. The summed E-state index contributed by atoms with van der Waals surface area (Å²) >= 11 is 0. The van der Waals surface area contributed by atoms with E-state index < -0.39 is 0 Å². The van der Waals surface area contributed by atoms with E-state index in [1.54, 1.807) is 0 Å². The second kappa shape index (κ2) is 5.14. The molecule has 0 amide bonds. The maximum absolute atomic E-state index is 9.51. The lowest BCUT2D eigenvalue weighted by Gasteiger charge is -2.14. The molecule has 4 nitrogen and oxygen atoms in total. The Morgan fingerprint density at radius 2 is 1.77 bits per heavy atom. The molecule has 0 aliphatic carbocycles. The van der Waals surface area contributed by atoms with Gasteiger partial charge in [0.05, 0.1) is 6.61 Å². The van der Waals surface area contributed by atoms with E-state index in [0.717, 1.165) is 22.5 Å². The fourth-order valence-electron chi connectivity index (χ4n) is 3.02. The first kappa shape index (κ1) is 14.6. The summed E-state index contributed by atoms with van der Waals surface area (Å²) in [6.45, 7) is 8.37. The first-order valence-electron chi connectivity index (χ1n) is 7.39. The van der Waals surface area contributed by atoms with E-state index in [-0.39, 0.29) is 6.61 Å². The Bertz CT molecular complexity index is 852. The number of rotatable bonds is 2. The molecule has 0 fully saturated rings. The van der Waals surface area contributed by atoms with Gasteiger partial charge in [0.2, 0.25) is 0 Å². The van der Waals surface area contributed by atoms with Crippen molar-refractivity contribution in [1.29, 1.82) is 0 Å². The number of aryl methyl sites for hydroxylation is 2. The number of hydrogen-bond donors (Lipinski definition) is 2. The van der Waals surface area contributed by atoms with E-state index in [0.29, 0.717) is 5.82 Å². The maximum Gasteiger partial charge on any atom is 0.144 e. The second-order valence-electron chi connectivity index (χ2n) is 5.87. The van der Waals surface area contributed by atoms with E-state index in [9.17, 15) is 5.11 Å². The van der Waals surface area contributed by atoms with Gasteiger partial charge >= 0.3 is 0 Å². The van der Waals surface area contributed by atoms with Crippen LogP contribution in [0.25, 0.3) is 16.9 Å². The Morgan fingerprint density at radius 3 is 2.36 bits per heavy atom. The zero-order chi connectivity index (χ0) is 16.0. The van der Waals surface area contributed by atoms with Crippen LogP contribution in [0.1, 0.15) is 27.8 Å². The Morgan fingerprint density at radius 1 is 1.14 bits per heavy atom. The minimum Gasteiger partial charge on any atom is -0.392 e. The summed E-state index contributed by atoms with van der Waals surface area (Å²) in [5.41, 5.74) is 14.6. The van der Waals surface area contributed by atoms with Crippen LogP contribution in [0.4, 0.5) is 5.82 Å². The number of fused-ring (bicyclic) bond motifs is 1. The van der Waals surface area contributed by atoms with Crippen LogP contribution >= 0.6 is 0 Å². The molecule has 0 saturated carbocycles. The van der Waals surface area contributed by atoms with Gasteiger partial charge < -0.3 is 10.8 Å². The van der Waals surface area contributed by atoms with Crippen molar-refractivity contribution in [1.82, 2.24) is 9.38 Å². The van der Waals surface area contributed by atoms with Gasteiger partial charge in [-0.1, -0.05) is 12.1 Å². The molecule has 3 rings (SSSR count). The summed E-state index contributed by atoms with van der Waals surface area (Å²) in [6, 6.07) is 5.94. The SMILES string of the molecule is Cc1cc(C)c(C)c(-c2nc3c(CO)cccn3c2N)c1C. The fraction of sp³-hybridized carbons (Fsp3) is 0.278. The lowest BCUT2D eigenvalue weighted by Crippen LogP contribution is -1.99. The van der Waals surface area contributed by atoms with E-state index in [1.807, 2.05) is 22.7 Å². The van der Waals surface area contributed by atoms with Crippen molar-refractivity contribution in [3.05, 3.63) is 52.2 Å². The normalized spacial score (nSPS) is 11.3. The highest BCUT2D eigenvalue weighted by Crippen LogP contribution is 2.35. The van der Waals surface area contributed by atoms with Gasteiger partial charge in [-0.3, -0.25) is 4.40 Å². The van der Waals surface area contributed by atoms with Crippen LogP contribution in [-0.2, 0) is 6.61 Å². The van der Waals surface area contributed by atoms with Crippen LogP contribution in [0, 0.1) is 27.7 Å². The van der Waals surface area contributed by atoms with Crippen molar-refractivity contribution < 1.29 is 5.11 Å². The number of anilines is 1. The predicted molar refractivity (Wildman–Crippen MR) is 89.9 cm³/mol. The Balaban J connectivity index is 2.40. The highest BCUT2D eigenvalue weighted by atomic mass is 16.3. The van der Waals surface area contributed by atoms with E-state index in [2.05, 4.69) is 33.8 Å². The third kappa shape index (κ3) is 1.99. The van der Waals surface area contributed by atoms with Crippen LogP contribution in [0.3, 0.4) is 0 Å². The Labute approximate surface area is 130 Å². The van der Waals surface area contributed by atoms with Gasteiger partial charge in [-0.15, -0.1) is 0 Å². The van der Waals surface area contributed by atoms with Crippen molar-refractivity contribution in [2.75, 3.05) is 5.73 Å². The standard InChI is InChI=1S/C18H21N3O/c1-10-8-11(2)13(4)15(12(10)3)16-17(19)21-7-5-6-14(9-22)18(21)20-16/h5-8,22H,9,19H2,1-4H3. The fourth-order valence-corrected chi connectivity index (χ4v) is 3.02. The summed E-state index contributed by atoms with van der Waals surface area (Å²) in [5, 5.41) is 9.51. The molecule has 1 aromatic carbocycles. The number of hydrogen-bond acceptors (Lipinski definition) is 3. The Kier molecular flexibility index (Phi) is 3.41. The van der Waals surface area contributed by atoms with Crippen LogP contribution in [0.5, 0.6) is 0 Å². The number of nitrogen functional groups attached to an aromatic ring is 1. The largest absolute Gasteiger partial charge is 0.392 e. The molecule has 114 valence electrons. The summed E-state index contributed by atoms with van der Waals surface area (Å²) in [4.78, 5) is 4.74. The molecule has 0 aliphatic heterocycles. The minimum absolute atomic E-state index is 0.0506. The molecule has 0 unspecified atom stereocenters. The second-order valence-corrected chi connectivity index (χ2v) is 5.87. The number of benzene rings is 1. The van der Waals surface area contributed by atoms with Crippen LogP contribution < -0.4 is 5.73 Å².